The molecule has 0 saturated carbocycles. The number of benzene rings is 2. The molecule has 4 rings (SSSR count). The first-order valence-electron chi connectivity index (χ1n) is 9.00. The number of fused-ring (bicyclic) bond motifs is 2. The lowest BCUT2D eigenvalue weighted by Gasteiger charge is -2.29. The number of amides is 3. The highest BCUT2D eigenvalue weighted by atomic mass is 16.6. The number of carbonyl (C=O) groups excluding carboxylic acids is 3. The molecule has 2 aliphatic rings. The van der Waals surface area contributed by atoms with Crippen LogP contribution in [-0.2, 0) is 11.2 Å². The molecule has 2 aliphatic heterocycles. The molecule has 0 fully saturated rings. The SMILES string of the molecule is O=C1c2ccccc2C(=O)N1CCC(=O)N1CCCc2ccc([N+](=O)[O-])cc21. The Morgan fingerprint density at radius 2 is 1.75 bits per heavy atom. The third-order valence-electron chi connectivity index (χ3n) is 5.13. The van der Waals surface area contributed by atoms with E-state index in [1.807, 2.05) is 0 Å². The summed E-state index contributed by atoms with van der Waals surface area (Å²) >= 11 is 0. The number of nitro benzene ring substituents is 1. The fraction of sp³-hybridized carbons (Fsp3) is 0.250. The van der Waals surface area contributed by atoms with Crippen LogP contribution in [0.15, 0.2) is 42.5 Å². The van der Waals surface area contributed by atoms with Crippen LogP contribution in [-0.4, -0.2) is 40.6 Å². The molecule has 8 heteroatoms. The van der Waals surface area contributed by atoms with Gasteiger partial charge in [-0.15, -0.1) is 0 Å². The van der Waals surface area contributed by atoms with Crippen molar-refractivity contribution in [3.63, 3.8) is 0 Å². The van der Waals surface area contributed by atoms with E-state index in [9.17, 15) is 24.5 Å². The average molecular weight is 379 g/mol. The molecule has 0 saturated heterocycles. The Labute approximate surface area is 160 Å². The number of imide groups is 1. The van der Waals surface area contributed by atoms with E-state index < -0.39 is 16.7 Å². The van der Waals surface area contributed by atoms with E-state index in [0.717, 1.165) is 23.3 Å². The van der Waals surface area contributed by atoms with Crippen LogP contribution in [0.2, 0.25) is 0 Å². The Balaban J connectivity index is 1.50. The standard InChI is InChI=1S/C20H17N3O5/c24-18(9-11-22-19(25)15-5-1-2-6-16(15)20(22)26)21-10-3-4-13-7-8-14(23(27)28)12-17(13)21/h1-2,5-8,12H,3-4,9-11H2. The summed E-state index contributed by atoms with van der Waals surface area (Å²) in [5, 5.41) is 11.1. The summed E-state index contributed by atoms with van der Waals surface area (Å²) < 4.78 is 0. The molecule has 28 heavy (non-hydrogen) atoms. The van der Waals surface area contributed by atoms with Gasteiger partial charge in [-0.1, -0.05) is 18.2 Å². The lowest BCUT2D eigenvalue weighted by atomic mass is 10.0. The summed E-state index contributed by atoms with van der Waals surface area (Å²) in [5.74, 6) is -1.07. The van der Waals surface area contributed by atoms with Crippen LogP contribution in [0.25, 0.3) is 0 Å². The first kappa shape index (κ1) is 17.8. The number of aryl methyl sites for hydroxylation is 1. The van der Waals surface area contributed by atoms with Crippen molar-refractivity contribution in [2.75, 3.05) is 18.0 Å². The van der Waals surface area contributed by atoms with Crippen LogP contribution < -0.4 is 4.90 Å². The smallest absolute Gasteiger partial charge is 0.271 e. The minimum atomic E-state index is -0.490. The molecule has 0 N–H and O–H groups in total. The molecule has 0 radical (unpaired) electrons. The van der Waals surface area contributed by atoms with Gasteiger partial charge in [0.15, 0.2) is 0 Å². The molecule has 0 aliphatic carbocycles. The van der Waals surface area contributed by atoms with Crippen LogP contribution in [0.1, 0.15) is 39.1 Å². The fourth-order valence-electron chi connectivity index (χ4n) is 3.72. The fourth-order valence-corrected chi connectivity index (χ4v) is 3.72. The molecule has 8 nitrogen and oxygen atoms in total. The van der Waals surface area contributed by atoms with E-state index in [4.69, 9.17) is 0 Å². The second kappa shape index (κ2) is 6.88. The molecule has 2 aromatic rings. The molecule has 0 aromatic heterocycles. The zero-order chi connectivity index (χ0) is 19.8. The van der Waals surface area contributed by atoms with E-state index in [1.165, 1.54) is 17.0 Å². The van der Waals surface area contributed by atoms with Crippen LogP contribution in [0, 0.1) is 10.1 Å². The lowest BCUT2D eigenvalue weighted by Crippen LogP contribution is -2.39. The van der Waals surface area contributed by atoms with E-state index in [-0.39, 0.29) is 24.6 Å². The predicted molar refractivity (Wildman–Crippen MR) is 100 cm³/mol. The van der Waals surface area contributed by atoms with Gasteiger partial charge < -0.3 is 4.90 Å². The van der Waals surface area contributed by atoms with E-state index in [2.05, 4.69) is 0 Å². The number of nitrogens with zero attached hydrogens (tertiary/aromatic N) is 3. The van der Waals surface area contributed by atoms with Gasteiger partial charge in [0.25, 0.3) is 17.5 Å². The second-order valence-corrected chi connectivity index (χ2v) is 6.78. The summed E-state index contributed by atoms with van der Waals surface area (Å²) in [5.41, 5.74) is 2.04. The Bertz CT molecular complexity index is 982. The van der Waals surface area contributed by atoms with Gasteiger partial charge in [-0.25, -0.2) is 0 Å². The third-order valence-corrected chi connectivity index (χ3v) is 5.13. The van der Waals surface area contributed by atoms with Crippen molar-refractivity contribution in [3.05, 3.63) is 69.3 Å². The first-order valence-corrected chi connectivity index (χ1v) is 9.00. The molecule has 2 aromatic carbocycles. The summed E-state index contributed by atoms with van der Waals surface area (Å²) in [4.78, 5) is 50.8. The summed E-state index contributed by atoms with van der Waals surface area (Å²) in [6, 6.07) is 11.1. The Hall–Kier alpha value is -3.55. The van der Waals surface area contributed by atoms with Crippen molar-refractivity contribution in [1.82, 2.24) is 4.90 Å². The molecule has 0 unspecified atom stereocenters. The van der Waals surface area contributed by atoms with Crippen molar-refractivity contribution < 1.29 is 19.3 Å². The van der Waals surface area contributed by atoms with Gasteiger partial charge in [-0.2, -0.15) is 0 Å². The normalized spacial score (nSPS) is 15.4. The summed E-state index contributed by atoms with van der Waals surface area (Å²) in [6.45, 7) is 0.432. The zero-order valence-electron chi connectivity index (χ0n) is 15.0. The van der Waals surface area contributed by atoms with E-state index in [0.29, 0.717) is 23.4 Å². The molecular weight excluding hydrogens is 362 g/mol. The van der Waals surface area contributed by atoms with Crippen LogP contribution in [0.4, 0.5) is 11.4 Å². The Morgan fingerprint density at radius 3 is 2.39 bits per heavy atom. The molecule has 0 bridgehead atoms. The van der Waals surface area contributed by atoms with Gasteiger partial charge in [-0.3, -0.25) is 29.4 Å². The largest absolute Gasteiger partial charge is 0.312 e. The maximum atomic E-state index is 12.8. The number of anilines is 1. The lowest BCUT2D eigenvalue weighted by molar-refractivity contribution is -0.384. The summed E-state index contributed by atoms with van der Waals surface area (Å²) in [7, 11) is 0. The zero-order valence-corrected chi connectivity index (χ0v) is 15.0. The van der Waals surface area contributed by atoms with Crippen LogP contribution in [0.3, 0.4) is 0 Å². The van der Waals surface area contributed by atoms with E-state index >= 15 is 0 Å². The van der Waals surface area contributed by atoms with Crippen molar-refractivity contribution >= 4 is 29.1 Å². The highest BCUT2D eigenvalue weighted by Gasteiger charge is 2.35. The maximum Gasteiger partial charge on any atom is 0.271 e. The molecule has 0 atom stereocenters. The minimum Gasteiger partial charge on any atom is -0.312 e. The minimum absolute atomic E-state index is 0.0219. The van der Waals surface area contributed by atoms with Gasteiger partial charge in [0.1, 0.15) is 0 Å². The van der Waals surface area contributed by atoms with Crippen LogP contribution >= 0.6 is 0 Å². The van der Waals surface area contributed by atoms with Gasteiger partial charge in [0.05, 0.1) is 21.7 Å². The topological polar surface area (TPSA) is 101 Å². The quantitative estimate of drug-likeness (QED) is 0.462. The highest BCUT2D eigenvalue weighted by molar-refractivity contribution is 6.21. The molecule has 142 valence electrons. The number of rotatable bonds is 4. The van der Waals surface area contributed by atoms with Crippen LogP contribution in [0.5, 0.6) is 0 Å². The monoisotopic (exact) mass is 379 g/mol. The van der Waals surface area contributed by atoms with Crippen molar-refractivity contribution in [3.8, 4) is 0 Å². The van der Waals surface area contributed by atoms with Crippen molar-refractivity contribution in [2.24, 2.45) is 0 Å². The molecular formula is C20H17N3O5. The number of nitro groups is 1. The van der Waals surface area contributed by atoms with Crippen molar-refractivity contribution in [1.29, 1.82) is 0 Å². The number of hydrogen-bond donors (Lipinski definition) is 0. The Morgan fingerprint density at radius 1 is 1.07 bits per heavy atom. The van der Waals surface area contributed by atoms with E-state index in [1.54, 1.807) is 30.3 Å². The number of hydrogen-bond acceptors (Lipinski definition) is 5. The number of non-ortho nitro benzene ring substituents is 1. The van der Waals surface area contributed by atoms with Gasteiger partial charge in [-0.05, 0) is 30.5 Å². The third kappa shape index (κ3) is 2.92. The summed E-state index contributed by atoms with van der Waals surface area (Å²) in [6.07, 6.45) is 1.46. The van der Waals surface area contributed by atoms with Crippen molar-refractivity contribution in [2.45, 2.75) is 19.3 Å². The van der Waals surface area contributed by atoms with Gasteiger partial charge >= 0.3 is 0 Å². The average Bonchev–Trinajstić information content (AvgIpc) is 2.95. The maximum absolute atomic E-state index is 12.8. The van der Waals surface area contributed by atoms with Gasteiger partial charge in [0, 0.05) is 31.6 Å². The Kier molecular flexibility index (Phi) is 4.38. The van der Waals surface area contributed by atoms with Gasteiger partial charge in [0.2, 0.25) is 5.91 Å². The second-order valence-electron chi connectivity index (χ2n) is 6.78. The highest BCUT2D eigenvalue weighted by Crippen LogP contribution is 2.31. The molecule has 0 spiro atoms. The molecule has 3 amide bonds. The molecule has 2 heterocycles. The number of carbonyl (C=O) groups is 3. The predicted octanol–water partition coefficient (Wildman–Crippen LogP) is 2.56. The first-order chi connectivity index (χ1) is 13.5.